The third-order valence-corrected chi connectivity index (χ3v) is 5.10. The topological polar surface area (TPSA) is 74.2 Å². The van der Waals surface area contributed by atoms with Crippen molar-refractivity contribution in [1.82, 2.24) is 0 Å². The number of nitrogens with zero attached hydrogens (tertiary/aromatic N) is 3. The second kappa shape index (κ2) is 8.25. The summed E-state index contributed by atoms with van der Waals surface area (Å²) in [6.45, 7) is 2.63. The quantitative estimate of drug-likeness (QED) is 0.299. The van der Waals surface area contributed by atoms with Crippen LogP contribution >= 0.6 is 0 Å². The molecule has 30 heavy (non-hydrogen) atoms. The lowest BCUT2D eigenvalue weighted by molar-refractivity contribution is 0.481. The maximum atomic E-state index is 10.5. The molecule has 0 heterocycles. The van der Waals surface area contributed by atoms with Gasteiger partial charge in [-0.3, -0.25) is 0 Å². The second-order valence-corrected chi connectivity index (χ2v) is 7.41. The molecular formula is C25H24N4O. The largest absolute Gasteiger partial charge is 0.507 e. The Labute approximate surface area is 176 Å². The lowest BCUT2D eigenvalue weighted by Crippen LogP contribution is -2.16. The van der Waals surface area contributed by atoms with Crippen LogP contribution in [0, 0.1) is 6.92 Å². The first-order valence-corrected chi connectivity index (χ1v) is 9.80. The van der Waals surface area contributed by atoms with Crippen LogP contribution in [0.25, 0.3) is 10.8 Å². The Morgan fingerprint density at radius 3 is 2.43 bits per heavy atom. The minimum absolute atomic E-state index is 0.156. The molecule has 5 heteroatoms. The second-order valence-electron chi connectivity index (χ2n) is 7.41. The highest BCUT2D eigenvalue weighted by Gasteiger charge is 2.11. The number of anilines is 2. The summed E-state index contributed by atoms with van der Waals surface area (Å²) in [5.74, 6) is 0.156. The average molecular weight is 396 g/mol. The van der Waals surface area contributed by atoms with Gasteiger partial charge < -0.3 is 15.7 Å². The van der Waals surface area contributed by atoms with Crippen LogP contribution in [0.3, 0.4) is 0 Å². The smallest absolute Gasteiger partial charge is 0.125 e. The normalized spacial score (nSPS) is 11.3. The Bertz CT molecular complexity index is 1220. The van der Waals surface area contributed by atoms with Crippen molar-refractivity contribution in [1.29, 1.82) is 0 Å². The van der Waals surface area contributed by atoms with Crippen LogP contribution in [0.15, 0.2) is 89.1 Å². The van der Waals surface area contributed by atoms with Gasteiger partial charge in [-0.05, 0) is 53.8 Å². The zero-order valence-corrected chi connectivity index (χ0v) is 17.1. The maximum Gasteiger partial charge on any atom is 0.125 e. The molecule has 0 unspecified atom stereocenters. The molecule has 0 radical (unpaired) electrons. The van der Waals surface area contributed by atoms with E-state index >= 15 is 0 Å². The molecule has 4 aromatic rings. The van der Waals surface area contributed by atoms with E-state index in [1.54, 1.807) is 12.1 Å². The number of para-hydroxylation sites is 1. The van der Waals surface area contributed by atoms with Crippen LogP contribution in [0.1, 0.15) is 11.1 Å². The third-order valence-electron chi connectivity index (χ3n) is 5.10. The van der Waals surface area contributed by atoms with Crippen molar-refractivity contribution in [3.63, 3.8) is 0 Å². The third kappa shape index (κ3) is 3.96. The summed E-state index contributed by atoms with van der Waals surface area (Å²) in [6.07, 6.45) is 0. The van der Waals surface area contributed by atoms with E-state index in [-0.39, 0.29) is 5.75 Å². The Morgan fingerprint density at radius 2 is 1.63 bits per heavy atom. The van der Waals surface area contributed by atoms with Gasteiger partial charge in [-0.2, -0.15) is 5.11 Å². The zero-order chi connectivity index (χ0) is 21.1. The number of nitrogen functional groups attached to an aromatic ring is 1. The van der Waals surface area contributed by atoms with E-state index < -0.39 is 0 Å². The van der Waals surface area contributed by atoms with E-state index in [0.29, 0.717) is 23.3 Å². The lowest BCUT2D eigenvalue weighted by Gasteiger charge is -2.20. The van der Waals surface area contributed by atoms with Gasteiger partial charge in [-0.1, -0.05) is 48.5 Å². The number of rotatable bonds is 5. The average Bonchev–Trinajstić information content (AvgIpc) is 2.74. The lowest BCUT2D eigenvalue weighted by atomic mass is 10.0. The van der Waals surface area contributed by atoms with Crippen molar-refractivity contribution in [2.45, 2.75) is 13.5 Å². The van der Waals surface area contributed by atoms with Crippen LogP contribution in [-0.2, 0) is 6.54 Å². The summed E-state index contributed by atoms with van der Waals surface area (Å²) in [6, 6.07) is 25.5. The molecule has 4 rings (SSSR count). The molecule has 0 atom stereocenters. The Kier molecular flexibility index (Phi) is 5.35. The standard InChI is InChI=1S/C25H24N4O/c1-17-14-18-12-13-21(26)25(24(18)23(30)15-17)28-27-22-11-7-6-8-19(22)16-29(2)20-9-4-3-5-10-20/h3-15,30H,16,26H2,1-2H3. The summed E-state index contributed by atoms with van der Waals surface area (Å²) in [4.78, 5) is 2.16. The number of hydrogen-bond donors (Lipinski definition) is 2. The van der Waals surface area contributed by atoms with Gasteiger partial charge >= 0.3 is 0 Å². The van der Waals surface area contributed by atoms with E-state index in [2.05, 4.69) is 27.3 Å². The molecular weight excluding hydrogens is 372 g/mol. The number of phenols is 1. The summed E-state index contributed by atoms with van der Waals surface area (Å²) in [5, 5.41) is 20.9. The molecule has 5 nitrogen and oxygen atoms in total. The number of aromatic hydroxyl groups is 1. The zero-order valence-electron chi connectivity index (χ0n) is 17.1. The minimum Gasteiger partial charge on any atom is -0.507 e. The van der Waals surface area contributed by atoms with Crippen LogP contribution in [0.5, 0.6) is 5.75 Å². The minimum atomic E-state index is 0.156. The number of benzene rings is 4. The van der Waals surface area contributed by atoms with Gasteiger partial charge in [0.15, 0.2) is 0 Å². The number of aryl methyl sites for hydroxylation is 1. The number of nitrogens with two attached hydrogens (primary N) is 1. The Balaban J connectivity index is 1.70. The highest BCUT2D eigenvalue weighted by Crippen LogP contribution is 2.39. The molecule has 0 saturated carbocycles. The molecule has 0 amide bonds. The fourth-order valence-electron chi connectivity index (χ4n) is 3.57. The van der Waals surface area contributed by atoms with E-state index in [1.807, 2.05) is 68.6 Å². The highest BCUT2D eigenvalue weighted by molar-refractivity contribution is 6.02. The molecule has 4 aromatic carbocycles. The molecule has 0 aliphatic heterocycles. The molecule has 0 spiro atoms. The molecule has 0 fully saturated rings. The fourth-order valence-corrected chi connectivity index (χ4v) is 3.57. The summed E-state index contributed by atoms with van der Waals surface area (Å²) >= 11 is 0. The van der Waals surface area contributed by atoms with Gasteiger partial charge in [-0.25, -0.2) is 0 Å². The number of azo groups is 1. The molecule has 0 aromatic heterocycles. The van der Waals surface area contributed by atoms with Crippen molar-refractivity contribution in [2.24, 2.45) is 10.2 Å². The molecule has 0 bridgehead atoms. The van der Waals surface area contributed by atoms with Gasteiger partial charge in [0.2, 0.25) is 0 Å². The molecule has 3 N–H and O–H groups in total. The van der Waals surface area contributed by atoms with Crippen molar-refractivity contribution in [3.05, 3.63) is 90.0 Å². The summed E-state index contributed by atoms with van der Waals surface area (Å²) in [7, 11) is 2.05. The van der Waals surface area contributed by atoms with Gasteiger partial charge in [0.05, 0.1) is 16.8 Å². The van der Waals surface area contributed by atoms with Crippen LogP contribution in [0.2, 0.25) is 0 Å². The van der Waals surface area contributed by atoms with Gasteiger partial charge in [0.1, 0.15) is 11.4 Å². The van der Waals surface area contributed by atoms with E-state index in [4.69, 9.17) is 5.73 Å². The Morgan fingerprint density at radius 1 is 0.900 bits per heavy atom. The number of hydrogen-bond acceptors (Lipinski definition) is 5. The van der Waals surface area contributed by atoms with Crippen molar-refractivity contribution < 1.29 is 5.11 Å². The first-order valence-electron chi connectivity index (χ1n) is 9.80. The predicted octanol–water partition coefficient (Wildman–Crippen LogP) is 6.49. The van der Waals surface area contributed by atoms with Crippen LogP contribution < -0.4 is 10.6 Å². The molecule has 0 aliphatic rings. The van der Waals surface area contributed by atoms with Crippen molar-refractivity contribution >= 4 is 33.5 Å². The maximum absolute atomic E-state index is 10.5. The van der Waals surface area contributed by atoms with E-state index in [9.17, 15) is 5.11 Å². The first-order chi connectivity index (χ1) is 14.5. The number of fused-ring (bicyclic) bond motifs is 1. The van der Waals surface area contributed by atoms with Crippen molar-refractivity contribution in [3.8, 4) is 5.75 Å². The van der Waals surface area contributed by atoms with Gasteiger partial charge in [0, 0.05) is 19.3 Å². The van der Waals surface area contributed by atoms with Gasteiger partial charge in [-0.15, -0.1) is 5.11 Å². The fraction of sp³-hybridized carbons (Fsp3) is 0.120. The SMILES string of the molecule is Cc1cc(O)c2c(N=Nc3ccccc3CN(C)c3ccccc3)c(N)ccc2c1. The summed E-state index contributed by atoms with van der Waals surface area (Å²) in [5.41, 5.74) is 11.1. The van der Waals surface area contributed by atoms with E-state index in [1.165, 1.54) is 0 Å². The first kappa shape index (κ1) is 19.5. The highest BCUT2D eigenvalue weighted by atomic mass is 16.3. The van der Waals surface area contributed by atoms with Crippen molar-refractivity contribution in [2.75, 3.05) is 17.7 Å². The monoisotopic (exact) mass is 396 g/mol. The van der Waals surface area contributed by atoms with Crippen LogP contribution in [0.4, 0.5) is 22.7 Å². The summed E-state index contributed by atoms with van der Waals surface area (Å²) < 4.78 is 0. The molecule has 0 saturated heterocycles. The molecule has 0 aliphatic carbocycles. The van der Waals surface area contributed by atoms with Gasteiger partial charge in [0.25, 0.3) is 0 Å². The molecule has 150 valence electrons. The number of phenolic OH excluding ortho intramolecular Hbond substituents is 1. The van der Waals surface area contributed by atoms with E-state index in [0.717, 1.165) is 27.9 Å². The van der Waals surface area contributed by atoms with Crippen LogP contribution in [-0.4, -0.2) is 12.2 Å². The predicted molar refractivity (Wildman–Crippen MR) is 124 cm³/mol. The Hall–Kier alpha value is -3.86.